The van der Waals surface area contributed by atoms with Gasteiger partial charge in [0.25, 0.3) is 0 Å². The van der Waals surface area contributed by atoms with E-state index in [1.165, 1.54) is 12.1 Å². The molecule has 4 aromatic rings. The van der Waals surface area contributed by atoms with Crippen LogP contribution in [0.3, 0.4) is 0 Å². The number of aryl methyl sites for hydroxylation is 1. The lowest BCUT2D eigenvalue weighted by molar-refractivity contribution is 0.211. The zero-order valence-corrected chi connectivity index (χ0v) is 16.4. The first-order valence-corrected chi connectivity index (χ1v) is 9.81. The van der Waals surface area contributed by atoms with E-state index >= 15 is 0 Å². The SMILES string of the molecule is Cc1cc(-c2n[nH]c3cc4c(cc23)CCN(Cc2ccc(F)cc2)C(=O)N4)ccn1. The van der Waals surface area contributed by atoms with Crippen molar-refractivity contribution in [3.8, 4) is 11.3 Å². The molecule has 6 nitrogen and oxygen atoms in total. The second-order valence-electron chi connectivity index (χ2n) is 7.54. The van der Waals surface area contributed by atoms with Crippen molar-refractivity contribution in [1.82, 2.24) is 20.1 Å². The molecule has 0 saturated heterocycles. The van der Waals surface area contributed by atoms with E-state index in [9.17, 15) is 9.18 Å². The lowest BCUT2D eigenvalue weighted by Gasteiger charge is -2.20. The Hall–Kier alpha value is -3.74. The quantitative estimate of drug-likeness (QED) is 0.524. The summed E-state index contributed by atoms with van der Waals surface area (Å²) in [5, 5.41) is 11.6. The number of urea groups is 1. The summed E-state index contributed by atoms with van der Waals surface area (Å²) < 4.78 is 13.2. The summed E-state index contributed by atoms with van der Waals surface area (Å²) >= 11 is 0. The van der Waals surface area contributed by atoms with Crippen LogP contribution in [-0.4, -0.2) is 32.7 Å². The molecule has 5 rings (SSSR count). The van der Waals surface area contributed by atoms with Crippen LogP contribution in [0.5, 0.6) is 0 Å². The second kappa shape index (κ2) is 7.26. The molecule has 0 spiro atoms. The van der Waals surface area contributed by atoms with Gasteiger partial charge in [0, 0.05) is 41.6 Å². The van der Waals surface area contributed by atoms with E-state index in [1.54, 1.807) is 23.2 Å². The highest BCUT2D eigenvalue weighted by Gasteiger charge is 2.22. The standard InChI is InChI=1S/C23H20FN5O/c1-14-10-17(6-8-25-14)22-19-11-16-7-9-29(13-15-2-4-18(24)5-3-15)23(30)26-20(16)12-21(19)27-28-22/h2-6,8,10-12H,7,9,13H2,1H3,(H,26,30)(H,27,28). The van der Waals surface area contributed by atoms with Crippen LogP contribution in [-0.2, 0) is 13.0 Å². The molecule has 0 saturated carbocycles. The Morgan fingerprint density at radius 2 is 1.97 bits per heavy atom. The molecule has 2 amide bonds. The van der Waals surface area contributed by atoms with E-state index in [2.05, 4.69) is 26.6 Å². The molecule has 2 aromatic heterocycles. The van der Waals surface area contributed by atoms with Crippen LogP contribution in [0.4, 0.5) is 14.9 Å². The summed E-state index contributed by atoms with van der Waals surface area (Å²) in [6.07, 6.45) is 2.49. The van der Waals surface area contributed by atoms with E-state index in [0.717, 1.165) is 44.7 Å². The molecule has 0 unspecified atom stereocenters. The van der Waals surface area contributed by atoms with Crippen molar-refractivity contribution in [2.45, 2.75) is 19.9 Å². The number of benzene rings is 2. The molecule has 3 heterocycles. The molecule has 0 bridgehead atoms. The van der Waals surface area contributed by atoms with Gasteiger partial charge in [0.05, 0.1) is 5.52 Å². The maximum atomic E-state index is 13.2. The van der Waals surface area contributed by atoms with Crippen LogP contribution >= 0.6 is 0 Å². The molecule has 0 aliphatic carbocycles. The molecule has 1 aliphatic heterocycles. The smallest absolute Gasteiger partial charge is 0.320 e. The van der Waals surface area contributed by atoms with Crippen LogP contribution in [0.25, 0.3) is 22.2 Å². The van der Waals surface area contributed by atoms with Crippen molar-refractivity contribution < 1.29 is 9.18 Å². The molecule has 0 atom stereocenters. The van der Waals surface area contributed by atoms with E-state index in [0.29, 0.717) is 19.5 Å². The van der Waals surface area contributed by atoms with Gasteiger partial charge in [0.1, 0.15) is 11.5 Å². The number of H-pyrrole nitrogens is 1. The third kappa shape index (κ3) is 3.39. The number of nitrogens with zero attached hydrogens (tertiary/aromatic N) is 3. The summed E-state index contributed by atoms with van der Waals surface area (Å²) in [5.41, 5.74) is 6.42. The summed E-state index contributed by atoms with van der Waals surface area (Å²) in [6, 6.07) is 14.1. The number of carbonyl (C=O) groups excluding carboxylic acids is 1. The first-order valence-electron chi connectivity index (χ1n) is 9.81. The van der Waals surface area contributed by atoms with Crippen LogP contribution in [0, 0.1) is 12.7 Å². The highest BCUT2D eigenvalue weighted by Crippen LogP contribution is 2.32. The molecule has 0 fully saturated rings. The summed E-state index contributed by atoms with van der Waals surface area (Å²) in [7, 11) is 0. The monoisotopic (exact) mass is 401 g/mol. The molecule has 0 radical (unpaired) electrons. The minimum atomic E-state index is -0.282. The Balaban J connectivity index is 1.45. The first-order chi connectivity index (χ1) is 14.6. The van der Waals surface area contributed by atoms with Crippen molar-refractivity contribution in [3.63, 3.8) is 0 Å². The number of nitrogens with one attached hydrogen (secondary N) is 2. The lowest BCUT2D eigenvalue weighted by Crippen LogP contribution is -2.34. The van der Waals surface area contributed by atoms with Crippen molar-refractivity contribution in [2.24, 2.45) is 0 Å². The van der Waals surface area contributed by atoms with Crippen molar-refractivity contribution >= 4 is 22.6 Å². The number of hydrogen-bond donors (Lipinski definition) is 2. The van der Waals surface area contributed by atoms with Crippen LogP contribution < -0.4 is 5.32 Å². The van der Waals surface area contributed by atoms with Crippen molar-refractivity contribution in [3.05, 3.63) is 77.4 Å². The fourth-order valence-corrected chi connectivity index (χ4v) is 3.86. The van der Waals surface area contributed by atoms with Gasteiger partial charge in [-0.15, -0.1) is 0 Å². The number of halogens is 1. The molecule has 1 aliphatic rings. The minimum Gasteiger partial charge on any atom is -0.320 e. The maximum Gasteiger partial charge on any atom is 0.322 e. The first kappa shape index (κ1) is 18.3. The fraction of sp³-hybridized carbons (Fsp3) is 0.174. The molecule has 150 valence electrons. The number of carbonyl (C=O) groups is 1. The third-order valence-electron chi connectivity index (χ3n) is 5.42. The minimum absolute atomic E-state index is 0.165. The second-order valence-corrected chi connectivity index (χ2v) is 7.54. The van der Waals surface area contributed by atoms with Crippen LogP contribution in [0.1, 0.15) is 16.8 Å². The van der Waals surface area contributed by atoms with E-state index < -0.39 is 0 Å². The predicted octanol–water partition coefficient (Wildman–Crippen LogP) is 4.66. The Bertz CT molecular complexity index is 1250. The largest absolute Gasteiger partial charge is 0.322 e. The number of rotatable bonds is 3. The Morgan fingerprint density at radius 1 is 1.13 bits per heavy atom. The van der Waals surface area contributed by atoms with Gasteiger partial charge in [-0.25, -0.2) is 9.18 Å². The third-order valence-corrected chi connectivity index (χ3v) is 5.42. The number of amides is 2. The molecule has 7 heteroatoms. The van der Waals surface area contributed by atoms with Crippen LogP contribution in [0.15, 0.2) is 54.7 Å². The van der Waals surface area contributed by atoms with E-state index in [1.807, 2.05) is 25.1 Å². The lowest BCUT2D eigenvalue weighted by atomic mass is 10.0. The maximum absolute atomic E-state index is 13.2. The van der Waals surface area contributed by atoms with E-state index in [-0.39, 0.29) is 11.8 Å². The number of pyridine rings is 1. The Labute approximate surface area is 172 Å². The molecular weight excluding hydrogens is 381 g/mol. The summed E-state index contributed by atoms with van der Waals surface area (Å²) in [4.78, 5) is 18.8. The Kier molecular flexibility index (Phi) is 4.43. The summed E-state index contributed by atoms with van der Waals surface area (Å²) in [5.74, 6) is -0.282. The molecule has 2 aromatic carbocycles. The molecule has 2 N–H and O–H groups in total. The Morgan fingerprint density at radius 3 is 2.77 bits per heavy atom. The number of anilines is 1. The zero-order chi connectivity index (χ0) is 20.7. The topological polar surface area (TPSA) is 73.9 Å². The summed E-state index contributed by atoms with van der Waals surface area (Å²) in [6.45, 7) is 2.96. The average molecular weight is 401 g/mol. The highest BCUT2D eigenvalue weighted by atomic mass is 19.1. The van der Waals surface area contributed by atoms with Gasteiger partial charge < -0.3 is 10.2 Å². The normalized spacial score (nSPS) is 13.8. The number of aromatic nitrogens is 3. The number of hydrogen-bond acceptors (Lipinski definition) is 3. The highest BCUT2D eigenvalue weighted by molar-refractivity contribution is 5.99. The zero-order valence-electron chi connectivity index (χ0n) is 16.4. The average Bonchev–Trinajstić information content (AvgIpc) is 3.08. The van der Waals surface area contributed by atoms with Crippen molar-refractivity contribution in [1.29, 1.82) is 0 Å². The number of aromatic amines is 1. The fourth-order valence-electron chi connectivity index (χ4n) is 3.86. The van der Waals surface area contributed by atoms with Crippen molar-refractivity contribution in [2.75, 3.05) is 11.9 Å². The van der Waals surface area contributed by atoms with Gasteiger partial charge >= 0.3 is 6.03 Å². The van der Waals surface area contributed by atoms with Gasteiger partial charge in [0.15, 0.2) is 0 Å². The van der Waals surface area contributed by atoms with Gasteiger partial charge in [-0.05, 0) is 60.9 Å². The van der Waals surface area contributed by atoms with Gasteiger partial charge in [-0.2, -0.15) is 5.10 Å². The van der Waals surface area contributed by atoms with Gasteiger partial charge in [-0.3, -0.25) is 10.1 Å². The predicted molar refractivity (Wildman–Crippen MR) is 114 cm³/mol. The van der Waals surface area contributed by atoms with Crippen LogP contribution in [0.2, 0.25) is 0 Å². The molecule has 30 heavy (non-hydrogen) atoms. The number of fused-ring (bicyclic) bond motifs is 2. The van der Waals surface area contributed by atoms with Gasteiger partial charge in [-0.1, -0.05) is 12.1 Å². The molecular formula is C23H20FN5O. The van der Waals surface area contributed by atoms with Gasteiger partial charge in [0.2, 0.25) is 0 Å². The van der Waals surface area contributed by atoms with E-state index in [4.69, 9.17) is 0 Å².